The highest BCUT2D eigenvalue weighted by atomic mass is 16.5. The minimum Gasteiger partial charge on any atom is -0.463 e. The molecule has 0 saturated carbocycles. The number of aryl methyl sites for hydroxylation is 1. The summed E-state index contributed by atoms with van der Waals surface area (Å²) in [5.74, 6) is -1.93. The molecule has 0 saturated heterocycles. The van der Waals surface area contributed by atoms with Gasteiger partial charge in [0, 0.05) is 5.56 Å². The molecule has 9 nitrogen and oxygen atoms in total. The van der Waals surface area contributed by atoms with Crippen molar-refractivity contribution in [2.45, 2.75) is 46.7 Å². The fourth-order valence-corrected chi connectivity index (χ4v) is 3.13. The summed E-state index contributed by atoms with van der Waals surface area (Å²) in [6.07, 6.45) is 0. The molecule has 0 aromatic heterocycles. The SMILES string of the molecule is CCOC(=O)C1=C(COC(=O)[C@@H](NC(=O)c2cccc(C)c2)C(C)C)NC(=O)NC1C. The van der Waals surface area contributed by atoms with Gasteiger partial charge < -0.3 is 25.4 Å². The van der Waals surface area contributed by atoms with Crippen LogP contribution in [0.3, 0.4) is 0 Å². The lowest BCUT2D eigenvalue weighted by molar-refractivity contribution is -0.146. The molecule has 0 spiro atoms. The van der Waals surface area contributed by atoms with Crippen LogP contribution in [0.15, 0.2) is 35.5 Å². The first-order valence-electron chi connectivity index (χ1n) is 10.2. The normalized spacial score (nSPS) is 16.8. The molecule has 1 aliphatic rings. The zero-order valence-corrected chi connectivity index (χ0v) is 18.4. The van der Waals surface area contributed by atoms with E-state index in [9.17, 15) is 19.2 Å². The fraction of sp³-hybridized carbons (Fsp3) is 0.455. The third-order valence-electron chi connectivity index (χ3n) is 4.71. The Labute approximate surface area is 181 Å². The molecule has 31 heavy (non-hydrogen) atoms. The van der Waals surface area contributed by atoms with Crippen LogP contribution < -0.4 is 16.0 Å². The summed E-state index contributed by atoms with van der Waals surface area (Å²) in [7, 11) is 0. The minimum absolute atomic E-state index is 0.149. The van der Waals surface area contributed by atoms with Crippen LogP contribution in [0.25, 0.3) is 0 Å². The van der Waals surface area contributed by atoms with Gasteiger partial charge in [0.25, 0.3) is 5.91 Å². The van der Waals surface area contributed by atoms with Crippen molar-refractivity contribution in [2.24, 2.45) is 5.92 Å². The number of rotatable bonds is 8. The van der Waals surface area contributed by atoms with Gasteiger partial charge in [-0.3, -0.25) is 4.79 Å². The Morgan fingerprint density at radius 3 is 2.52 bits per heavy atom. The Balaban J connectivity index is 2.14. The lowest BCUT2D eigenvalue weighted by atomic mass is 10.0. The van der Waals surface area contributed by atoms with Gasteiger partial charge in [0.2, 0.25) is 0 Å². The molecule has 1 aliphatic heterocycles. The van der Waals surface area contributed by atoms with Gasteiger partial charge >= 0.3 is 18.0 Å². The van der Waals surface area contributed by atoms with Gasteiger partial charge in [-0.2, -0.15) is 0 Å². The molecule has 1 unspecified atom stereocenters. The van der Waals surface area contributed by atoms with Gasteiger partial charge in [-0.25, -0.2) is 14.4 Å². The molecule has 9 heteroatoms. The van der Waals surface area contributed by atoms with E-state index in [1.54, 1.807) is 45.9 Å². The van der Waals surface area contributed by atoms with Crippen molar-refractivity contribution in [3.63, 3.8) is 0 Å². The van der Waals surface area contributed by atoms with E-state index in [1.807, 2.05) is 13.0 Å². The monoisotopic (exact) mass is 431 g/mol. The van der Waals surface area contributed by atoms with Gasteiger partial charge in [-0.05, 0) is 38.8 Å². The van der Waals surface area contributed by atoms with Gasteiger partial charge in [0.05, 0.1) is 23.9 Å². The van der Waals surface area contributed by atoms with Crippen LogP contribution in [-0.2, 0) is 19.1 Å². The Bertz CT molecular complexity index is 893. The highest BCUT2D eigenvalue weighted by molar-refractivity contribution is 5.97. The number of hydrogen-bond acceptors (Lipinski definition) is 6. The maximum atomic E-state index is 12.7. The largest absolute Gasteiger partial charge is 0.463 e. The molecule has 168 valence electrons. The van der Waals surface area contributed by atoms with Crippen molar-refractivity contribution in [1.29, 1.82) is 0 Å². The number of ether oxygens (including phenoxy) is 2. The van der Waals surface area contributed by atoms with E-state index >= 15 is 0 Å². The maximum Gasteiger partial charge on any atom is 0.338 e. The second-order valence-electron chi connectivity index (χ2n) is 7.61. The van der Waals surface area contributed by atoms with E-state index in [1.165, 1.54) is 0 Å². The molecular weight excluding hydrogens is 402 g/mol. The molecule has 0 fully saturated rings. The van der Waals surface area contributed by atoms with Crippen molar-refractivity contribution in [3.8, 4) is 0 Å². The first-order chi connectivity index (χ1) is 14.6. The highest BCUT2D eigenvalue weighted by Crippen LogP contribution is 2.16. The number of esters is 2. The van der Waals surface area contributed by atoms with E-state index in [-0.39, 0.29) is 30.4 Å². The molecule has 3 amide bonds. The summed E-state index contributed by atoms with van der Waals surface area (Å²) in [6.45, 7) is 8.55. The van der Waals surface area contributed by atoms with Crippen LogP contribution in [-0.4, -0.2) is 49.2 Å². The Kier molecular flexibility index (Phi) is 8.18. The van der Waals surface area contributed by atoms with E-state index < -0.39 is 36.0 Å². The second-order valence-corrected chi connectivity index (χ2v) is 7.61. The number of benzene rings is 1. The minimum atomic E-state index is -0.908. The van der Waals surface area contributed by atoms with E-state index in [4.69, 9.17) is 9.47 Å². The number of hydrogen-bond donors (Lipinski definition) is 3. The first kappa shape index (κ1) is 23.9. The lowest BCUT2D eigenvalue weighted by Crippen LogP contribution is -2.50. The van der Waals surface area contributed by atoms with Crippen molar-refractivity contribution in [2.75, 3.05) is 13.2 Å². The van der Waals surface area contributed by atoms with Crippen LogP contribution >= 0.6 is 0 Å². The number of carbonyl (C=O) groups excluding carboxylic acids is 4. The summed E-state index contributed by atoms with van der Waals surface area (Å²) in [5.41, 5.74) is 1.69. The lowest BCUT2D eigenvalue weighted by Gasteiger charge is -2.27. The summed E-state index contributed by atoms with van der Waals surface area (Å²) < 4.78 is 10.4. The first-order valence-corrected chi connectivity index (χ1v) is 10.2. The molecule has 3 N–H and O–H groups in total. The number of amides is 3. The van der Waals surface area contributed by atoms with E-state index in [2.05, 4.69) is 16.0 Å². The molecule has 1 heterocycles. The smallest absolute Gasteiger partial charge is 0.338 e. The summed E-state index contributed by atoms with van der Waals surface area (Å²) in [5, 5.41) is 7.77. The zero-order chi connectivity index (χ0) is 23.1. The van der Waals surface area contributed by atoms with Crippen molar-refractivity contribution in [1.82, 2.24) is 16.0 Å². The van der Waals surface area contributed by atoms with E-state index in [0.717, 1.165) is 5.56 Å². The fourth-order valence-electron chi connectivity index (χ4n) is 3.13. The molecule has 1 aromatic carbocycles. The number of urea groups is 1. The van der Waals surface area contributed by atoms with Crippen LogP contribution in [0.2, 0.25) is 0 Å². The van der Waals surface area contributed by atoms with Crippen molar-refractivity contribution >= 4 is 23.9 Å². The predicted molar refractivity (Wildman–Crippen MR) is 113 cm³/mol. The van der Waals surface area contributed by atoms with E-state index in [0.29, 0.717) is 5.56 Å². The Morgan fingerprint density at radius 2 is 1.90 bits per heavy atom. The van der Waals surface area contributed by atoms with Crippen molar-refractivity contribution in [3.05, 3.63) is 46.7 Å². The second kappa shape index (κ2) is 10.6. The van der Waals surface area contributed by atoms with Gasteiger partial charge in [0.1, 0.15) is 12.6 Å². The highest BCUT2D eigenvalue weighted by Gasteiger charge is 2.32. The average molecular weight is 431 g/mol. The van der Waals surface area contributed by atoms with Gasteiger partial charge in [-0.1, -0.05) is 31.5 Å². The maximum absolute atomic E-state index is 12.7. The molecular formula is C22H29N3O6. The van der Waals surface area contributed by atoms with Crippen LogP contribution in [0.5, 0.6) is 0 Å². The van der Waals surface area contributed by atoms with Crippen LogP contribution in [0.1, 0.15) is 43.6 Å². The van der Waals surface area contributed by atoms with Crippen LogP contribution in [0.4, 0.5) is 4.79 Å². The third kappa shape index (κ3) is 6.31. The zero-order valence-electron chi connectivity index (χ0n) is 18.4. The Hall–Kier alpha value is -3.36. The van der Waals surface area contributed by atoms with Crippen LogP contribution in [0, 0.1) is 12.8 Å². The third-order valence-corrected chi connectivity index (χ3v) is 4.71. The predicted octanol–water partition coefficient (Wildman–Crippen LogP) is 1.81. The molecule has 2 rings (SSSR count). The molecule has 1 aromatic rings. The topological polar surface area (TPSA) is 123 Å². The molecule has 2 atom stereocenters. The molecule has 0 aliphatic carbocycles. The molecule has 0 bridgehead atoms. The van der Waals surface area contributed by atoms with Crippen molar-refractivity contribution < 1.29 is 28.7 Å². The van der Waals surface area contributed by atoms with Gasteiger partial charge in [0.15, 0.2) is 0 Å². The summed E-state index contributed by atoms with van der Waals surface area (Å²) in [4.78, 5) is 49.4. The standard InChI is InChI=1S/C22H29N3O6/c1-6-30-20(27)17-14(5)23-22(29)24-16(17)11-31-21(28)18(12(2)3)25-19(26)15-9-7-8-13(4)10-15/h7-10,12,14,18H,6,11H2,1-5H3,(H,25,26)(H2,23,24,29)/t14?,18-/m0/s1. The average Bonchev–Trinajstić information content (AvgIpc) is 2.69. The molecule has 0 radical (unpaired) electrons. The summed E-state index contributed by atoms with van der Waals surface area (Å²) in [6, 6.07) is 4.98. The number of carbonyl (C=O) groups is 4. The summed E-state index contributed by atoms with van der Waals surface area (Å²) >= 11 is 0. The number of nitrogens with one attached hydrogen (secondary N) is 3. The Morgan fingerprint density at radius 1 is 1.19 bits per heavy atom. The van der Waals surface area contributed by atoms with Gasteiger partial charge in [-0.15, -0.1) is 0 Å². The quantitative estimate of drug-likeness (QED) is 0.540.